The molecule has 0 radical (unpaired) electrons. The first-order valence-electron chi connectivity index (χ1n) is 9.04. The summed E-state index contributed by atoms with van der Waals surface area (Å²) in [6.07, 6.45) is 6.37. The lowest BCUT2D eigenvalue weighted by Gasteiger charge is -2.48. The lowest BCUT2D eigenvalue weighted by molar-refractivity contribution is -0.138. The summed E-state index contributed by atoms with van der Waals surface area (Å²) < 4.78 is 5.12. The van der Waals surface area contributed by atoms with Crippen molar-refractivity contribution in [1.82, 2.24) is 9.88 Å². The van der Waals surface area contributed by atoms with Gasteiger partial charge in [-0.25, -0.2) is 4.98 Å². The Morgan fingerprint density at radius 1 is 1.40 bits per heavy atom. The van der Waals surface area contributed by atoms with Crippen molar-refractivity contribution in [1.29, 1.82) is 5.26 Å². The molecule has 134 valence electrons. The fourth-order valence-corrected chi connectivity index (χ4v) is 4.16. The van der Waals surface area contributed by atoms with Crippen molar-refractivity contribution in [3.63, 3.8) is 0 Å². The zero-order chi connectivity index (χ0) is 17.7. The molecule has 25 heavy (non-hydrogen) atoms. The Bertz CT molecular complexity index is 657. The summed E-state index contributed by atoms with van der Waals surface area (Å²) in [7, 11) is 1.69. The van der Waals surface area contributed by atoms with Gasteiger partial charge in [0.05, 0.1) is 5.56 Å². The van der Waals surface area contributed by atoms with Crippen LogP contribution in [0.1, 0.15) is 37.7 Å². The van der Waals surface area contributed by atoms with E-state index in [0.717, 1.165) is 57.7 Å². The first-order valence-corrected chi connectivity index (χ1v) is 9.04. The predicted octanol–water partition coefficient (Wildman–Crippen LogP) is 2.20. The molecule has 0 aliphatic carbocycles. The second kappa shape index (κ2) is 7.83. The maximum atomic E-state index is 12.3. The summed E-state index contributed by atoms with van der Waals surface area (Å²) in [5, 5.41) is 9.37. The maximum Gasteiger partial charge on any atom is 0.222 e. The van der Waals surface area contributed by atoms with Crippen LogP contribution < -0.4 is 4.90 Å². The molecule has 1 aromatic rings. The Balaban J connectivity index is 1.73. The molecule has 2 fully saturated rings. The highest BCUT2D eigenvalue weighted by molar-refractivity contribution is 5.77. The van der Waals surface area contributed by atoms with Crippen LogP contribution in [0, 0.1) is 16.7 Å². The molecule has 3 rings (SSSR count). The van der Waals surface area contributed by atoms with E-state index >= 15 is 0 Å². The fraction of sp³-hybridized carbons (Fsp3) is 0.632. The van der Waals surface area contributed by atoms with Gasteiger partial charge in [0, 0.05) is 57.9 Å². The molecule has 1 atom stereocenters. The lowest BCUT2D eigenvalue weighted by Crippen LogP contribution is -2.54. The number of aromatic nitrogens is 1. The zero-order valence-electron chi connectivity index (χ0n) is 14.9. The van der Waals surface area contributed by atoms with Gasteiger partial charge in [0.25, 0.3) is 0 Å². The molecule has 0 saturated carbocycles. The highest BCUT2D eigenvalue weighted by atomic mass is 16.5. The van der Waals surface area contributed by atoms with E-state index in [-0.39, 0.29) is 11.3 Å². The summed E-state index contributed by atoms with van der Waals surface area (Å²) in [6.45, 7) is 4.04. The molecular formula is C19H26N4O2. The van der Waals surface area contributed by atoms with Crippen molar-refractivity contribution in [2.24, 2.45) is 5.41 Å². The molecular weight excluding hydrogens is 316 g/mol. The van der Waals surface area contributed by atoms with Crippen LogP contribution in [0.25, 0.3) is 0 Å². The van der Waals surface area contributed by atoms with Crippen LogP contribution in [0.2, 0.25) is 0 Å². The summed E-state index contributed by atoms with van der Waals surface area (Å²) in [4.78, 5) is 21.0. The van der Waals surface area contributed by atoms with Crippen LogP contribution in [0.3, 0.4) is 0 Å². The van der Waals surface area contributed by atoms with Crippen LogP contribution in [-0.2, 0) is 9.53 Å². The molecule has 0 N–H and O–H groups in total. The second-order valence-electron chi connectivity index (χ2n) is 7.17. The first kappa shape index (κ1) is 17.7. The molecule has 2 aliphatic heterocycles. The average Bonchev–Trinajstić information content (AvgIpc) is 2.65. The number of rotatable bonds is 5. The summed E-state index contributed by atoms with van der Waals surface area (Å²) >= 11 is 0. The third-order valence-electron chi connectivity index (χ3n) is 5.39. The van der Waals surface area contributed by atoms with E-state index in [1.807, 2.05) is 11.0 Å². The topological polar surface area (TPSA) is 69.5 Å². The molecule has 6 nitrogen and oxygen atoms in total. The summed E-state index contributed by atoms with van der Waals surface area (Å²) in [5.74, 6) is 1.04. The van der Waals surface area contributed by atoms with E-state index in [4.69, 9.17) is 4.74 Å². The standard InChI is InChI=1S/C19H26N4O2/c1-25-12-4-11-22-14-19(8-6-17(22)24)7-3-10-23(15-19)18-16(13-20)5-2-9-21-18/h2,5,9H,3-4,6-8,10-12,14-15H2,1H3. The Hall–Kier alpha value is -2.13. The minimum Gasteiger partial charge on any atom is -0.385 e. The number of methoxy groups -OCH3 is 1. The molecule has 0 aromatic carbocycles. The van der Waals surface area contributed by atoms with Crippen LogP contribution in [0.5, 0.6) is 0 Å². The highest BCUT2D eigenvalue weighted by Gasteiger charge is 2.42. The molecule has 2 saturated heterocycles. The van der Waals surface area contributed by atoms with Crippen molar-refractivity contribution < 1.29 is 9.53 Å². The third-order valence-corrected chi connectivity index (χ3v) is 5.39. The molecule has 3 heterocycles. The van der Waals surface area contributed by atoms with Gasteiger partial charge >= 0.3 is 0 Å². The summed E-state index contributed by atoms with van der Waals surface area (Å²) in [6, 6.07) is 5.88. The molecule has 1 unspecified atom stereocenters. The normalized spacial score (nSPS) is 23.8. The molecule has 6 heteroatoms. The Labute approximate surface area is 149 Å². The number of anilines is 1. The Morgan fingerprint density at radius 3 is 3.08 bits per heavy atom. The number of nitrogens with zero attached hydrogens (tertiary/aromatic N) is 4. The Morgan fingerprint density at radius 2 is 2.28 bits per heavy atom. The number of carbonyl (C=O) groups excluding carboxylic acids is 1. The molecule has 1 spiro atoms. The lowest BCUT2D eigenvalue weighted by atomic mass is 9.73. The quantitative estimate of drug-likeness (QED) is 0.767. The number of ether oxygens (including phenoxy) is 1. The van der Waals surface area contributed by atoms with Crippen LogP contribution in [0.15, 0.2) is 18.3 Å². The van der Waals surface area contributed by atoms with Gasteiger partial charge in [-0.3, -0.25) is 4.79 Å². The first-order chi connectivity index (χ1) is 12.2. The van der Waals surface area contributed by atoms with Crippen LogP contribution in [0.4, 0.5) is 5.82 Å². The zero-order valence-corrected chi connectivity index (χ0v) is 14.9. The van der Waals surface area contributed by atoms with Gasteiger partial charge in [-0.05, 0) is 37.8 Å². The minimum atomic E-state index is 0.115. The molecule has 2 aliphatic rings. The van der Waals surface area contributed by atoms with Gasteiger partial charge in [0.2, 0.25) is 5.91 Å². The number of piperidine rings is 2. The Kier molecular flexibility index (Phi) is 5.54. The number of hydrogen-bond acceptors (Lipinski definition) is 5. The molecule has 0 bridgehead atoms. The molecule has 1 amide bonds. The number of pyridine rings is 1. The van der Waals surface area contributed by atoms with E-state index in [2.05, 4.69) is 16.0 Å². The van der Waals surface area contributed by atoms with E-state index in [9.17, 15) is 10.1 Å². The number of hydrogen-bond donors (Lipinski definition) is 0. The maximum absolute atomic E-state index is 12.3. The van der Waals surface area contributed by atoms with Crippen LogP contribution in [-0.4, -0.2) is 55.7 Å². The monoisotopic (exact) mass is 342 g/mol. The van der Waals surface area contributed by atoms with Crippen molar-refractivity contribution in [2.75, 3.05) is 44.8 Å². The van der Waals surface area contributed by atoms with Crippen molar-refractivity contribution in [3.8, 4) is 6.07 Å². The van der Waals surface area contributed by atoms with E-state index in [1.54, 1.807) is 19.4 Å². The number of carbonyl (C=O) groups is 1. The fourth-order valence-electron chi connectivity index (χ4n) is 4.16. The van der Waals surface area contributed by atoms with Gasteiger partial charge in [-0.2, -0.15) is 5.26 Å². The third kappa shape index (κ3) is 3.93. The van der Waals surface area contributed by atoms with Gasteiger partial charge in [-0.15, -0.1) is 0 Å². The largest absolute Gasteiger partial charge is 0.385 e. The highest BCUT2D eigenvalue weighted by Crippen LogP contribution is 2.40. The van der Waals surface area contributed by atoms with Gasteiger partial charge < -0.3 is 14.5 Å². The van der Waals surface area contributed by atoms with Crippen molar-refractivity contribution in [2.45, 2.75) is 32.1 Å². The van der Waals surface area contributed by atoms with E-state index in [0.29, 0.717) is 18.6 Å². The predicted molar refractivity (Wildman–Crippen MR) is 95.1 cm³/mol. The summed E-state index contributed by atoms with van der Waals surface area (Å²) in [5.41, 5.74) is 0.743. The van der Waals surface area contributed by atoms with Gasteiger partial charge in [-0.1, -0.05) is 0 Å². The van der Waals surface area contributed by atoms with Gasteiger partial charge in [0.15, 0.2) is 0 Å². The smallest absolute Gasteiger partial charge is 0.222 e. The van der Waals surface area contributed by atoms with E-state index in [1.165, 1.54) is 0 Å². The number of likely N-dealkylation sites (tertiary alicyclic amines) is 1. The van der Waals surface area contributed by atoms with Crippen molar-refractivity contribution in [3.05, 3.63) is 23.9 Å². The van der Waals surface area contributed by atoms with Gasteiger partial charge in [0.1, 0.15) is 11.9 Å². The SMILES string of the molecule is COCCCN1CC2(CCCN(c3ncccc3C#N)C2)CCC1=O. The minimum absolute atomic E-state index is 0.115. The second-order valence-corrected chi connectivity index (χ2v) is 7.17. The van der Waals surface area contributed by atoms with E-state index < -0.39 is 0 Å². The van der Waals surface area contributed by atoms with Crippen molar-refractivity contribution >= 4 is 11.7 Å². The number of amides is 1. The van der Waals surface area contributed by atoms with Crippen LogP contribution >= 0.6 is 0 Å². The number of nitriles is 1. The molecule has 1 aromatic heterocycles. The average molecular weight is 342 g/mol.